The van der Waals surface area contributed by atoms with Crippen LogP contribution >= 0.6 is 0 Å². The molecule has 1 aromatic heterocycles. The zero-order valence-corrected chi connectivity index (χ0v) is 17.3. The van der Waals surface area contributed by atoms with E-state index in [0.29, 0.717) is 29.2 Å². The molecule has 0 atom stereocenters. The lowest BCUT2D eigenvalue weighted by atomic mass is 10.1. The molecule has 1 saturated heterocycles. The van der Waals surface area contributed by atoms with E-state index in [-0.39, 0.29) is 5.75 Å². The maximum absolute atomic E-state index is 10.0. The number of hydrogen-bond acceptors (Lipinski definition) is 9. The number of para-hydroxylation sites is 1. The van der Waals surface area contributed by atoms with Crippen molar-refractivity contribution in [3.05, 3.63) is 54.1 Å². The van der Waals surface area contributed by atoms with Gasteiger partial charge in [0.15, 0.2) is 0 Å². The van der Waals surface area contributed by atoms with Crippen LogP contribution in [0.25, 0.3) is 0 Å². The second-order valence-corrected chi connectivity index (χ2v) is 7.12. The Hall–Kier alpha value is -3.88. The van der Waals surface area contributed by atoms with Gasteiger partial charge in [0, 0.05) is 24.3 Å². The third-order valence-corrected chi connectivity index (χ3v) is 4.90. The van der Waals surface area contributed by atoms with Crippen molar-refractivity contribution in [3.8, 4) is 11.5 Å². The zero-order chi connectivity index (χ0) is 21.5. The van der Waals surface area contributed by atoms with Gasteiger partial charge in [-0.15, -0.1) is 0 Å². The van der Waals surface area contributed by atoms with E-state index in [9.17, 15) is 5.11 Å². The Labute approximate surface area is 180 Å². The first-order chi connectivity index (χ1) is 15.2. The lowest BCUT2D eigenvalue weighted by Gasteiger charge is -2.26. The van der Waals surface area contributed by atoms with Crippen molar-refractivity contribution in [2.24, 2.45) is 5.10 Å². The molecule has 0 amide bonds. The number of hydrazone groups is 1. The van der Waals surface area contributed by atoms with Crippen LogP contribution in [-0.2, 0) is 0 Å². The number of phenolic OH excluding ortho intramolecular Hbond substituents is 1. The van der Waals surface area contributed by atoms with Gasteiger partial charge in [-0.3, -0.25) is 0 Å². The highest BCUT2D eigenvalue weighted by Gasteiger charge is 2.16. The molecule has 1 aliphatic heterocycles. The highest BCUT2D eigenvalue weighted by Crippen LogP contribution is 2.22. The molecule has 0 spiro atoms. The molecule has 0 radical (unpaired) electrons. The molecule has 1 aliphatic rings. The van der Waals surface area contributed by atoms with E-state index in [1.165, 1.54) is 12.6 Å². The van der Waals surface area contributed by atoms with Crippen LogP contribution < -0.4 is 20.4 Å². The lowest BCUT2D eigenvalue weighted by molar-refractivity contribution is 0.412. The minimum atomic E-state index is 0.0995. The van der Waals surface area contributed by atoms with E-state index in [4.69, 9.17) is 4.74 Å². The van der Waals surface area contributed by atoms with Crippen molar-refractivity contribution in [2.45, 2.75) is 19.3 Å². The summed E-state index contributed by atoms with van der Waals surface area (Å²) in [5, 5.41) is 17.4. The zero-order valence-electron chi connectivity index (χ0n) is 17.3. The molecule has 9 heteroatoms. The van der Waals surface area contributed by atoms with E-state index in [1.807, 2.05) is 30.3 Å². The maximum atomic E-state index is 10.0. The number of hydrogen-bond donors (Lipinski definition) is 3. The molecule has 3 aromatic rings. The number of rotatable bonds is 7. The van der Waals surface area contributed by atoms with Crippen LogP contribution in [0.3, 0.4) is 0 Å². The summed E-state index contributed by atoms with van der Waals surface area (Å²) in [6.07, 6.45) is 4.94. The highest BCUT2D eigenvalue weighted by molar-refractivity contribution is 5.84. The Morgan fingerprint density at radius 2 is 1.77 bits per heavy atom. The van der Waals surface area contributed by atoms with Crippen molar-refractivity contribution in [3.63, 3.8) is 0 Å². The number of ether oxygens (including phenoxy) is 1. The lowest BCUT2D eigenvalue weighted by Crippen LogP contribution is -2.31. The fourth-order valence-electron chi connectivity index (χ4n) is 3.28. The first kappa shape index (κ1) is 20.4. The molecular weight excluding hydrogens is 394 g/mol. The van der Waals surface area contributed by atoms with Gasteiger partial charge in [0.1, 0.15) is 11.5 Å². The van der Waals surface area contributed by atoms with E-state index in [0.717, 1.165) is 31.6 Å². The number of phenols is 1. The van der Waals surface area contributed by atoms with Crippen LogP contribution in [0, 0.1) is 0 Å². The largest absolute Gasteiger partial charge is 0.507 e. The highest BCUT2D eigenvalue weighted by atomic mass is 16.5. The smallest absolute Gasteiger partial charge is 0.250 e. The molecule has 0 saturated carbocycles. The number of methoxy groups -OCH3 is 1. The number of anilines is 4. The average Bonchev–Trinajstić information content (AvgIpc) is 2.81. The molecule has 1 fully saturated rings. The van der Waals surface area contributed by atoms with Crippen LogP contribution in [0.2, 0.25) is 0 Å². The third kappa shape index (κ3) is 5.39. The Morgan fingerprint density at radius 3 is 2.55 bits per heavy atom. The van der Waals surface area contributed by atoms with Gasteiger partial charge in [-0.1, -0.05) is 18.2 Å². The van der Waals surface area contributed by atoms with Crippen LogP contribution in [0.5, 0.6) is 11.5 Å². The number of piperidine rings is 1. The molecule has 2 aromatic carbocycles. The summed E-state index contributed by atoms with van der Waals surface area (Å²) in [6, 6.07) is 14.7. The maximum Gasteiger partial charge on any atom is 0.250 e. The van der Waals surface area contributed by atoms with Crippen molar-refractivity contribution in [1.82, 2.24) is 15.0 Å². The van der Waals surface area contributed by atoms with Gasteiger partial charge in [-0.25, -0.2) is 5.43 Å². The van der Waals surface area contributed by atoms with Crippen LogP contribution in [0.4, 0.5) is 23.5 Å². The number of nitrogens with one attached hydrogen (secondary N) is 2. The molecule has 3 N–H and O–H groups in total. The molecule has 0 aliphatic carbocycles. The minimum absolute atomic E-state index is 0.0995. The minimum Gasteiger partial charge on any atom is -0.507 e. The van der Waals surface area contributed by atoms with Gasteiger partial charge < -0.3 is 20.1 Å². The molecular formula is C22H25N7O2. The number of nitrogens with zero attached hydrogens (tertiary/aromatic N) is 5. The van der Waals surface area contributed by atoms with Crippen LogP contribution in [0.15, 0.2) is 53.6 Å². The monoisotopic (exact) mass is 419 g/mol. The molecule has 0 unspecified atom stereocenters. The predicted octanol–water partition coefficient (Wildman–Crippen LogP) is 3.77. The van der Waals surface area contributed by atoms with Gasteiger partial charge in [-0.05, 0) is 49.6 Å². The predicted molar refractivity (Wildman–Crippen MR) is 121 cm³/mol. The van der Waals surface area contributed by atoms with Crippen molar-refractivity contribution >= 4 is 29.7 Å². The standard InChI is InChI=1S/C22H25N7O2/c1-31-18-10-11-19(30)16(14-18)15-23-28-21-25-20(24-17-8-4-2-5-9-17)26-22(27-21)29-12-6-3-7-13-29/h2,4-5,8-11,14-15,30H,3,6-7,12-13H2,1H3,(H2,24,25,26,27,28)/b23-15+. The molecule has 2 heterocycles. The average molecular weight is 419 g/mol. The van der Waals surface area contributed by atoms with Gasteiger partial charge in [0.05, 0.1) is 13.3 Å². The van der Waals surface area contributed by atoms with Gasteiger partial charge in [0.25, 0.3) is 0 Å². The second kappa shape index (κ2) is 9.75. The number of aromatic hydroxyl groups is 1. The van der Waals surface area contributed by atoms with Crippen molar-refractivity contribution < 1.29 is 9.84 Å². The van der Waals surface area contributed by atoms with Crippen LogP contribution in [-0.4, -0.2) is 46.5 Å². The van der Waals surface area contributed by atoms with E-state index < -0.39 is 0 Å². The van der Waals surface area contributed by atoms with E-state index >= 15 is 0 Å². The van der Waals surface area contributed by atoms with E-state index in [2.05, 4.69) is 35.7 Å². The first-order valence-corrected chi connectivity index (χ1v) is 10.2. The summed E-state index contributed by atoms with van der Waals surface area (Å²) in [4.78, 5) is 15.7. The normalized spacial score (nSPS) is 13.9. The van der Waals surface area contributed by atoms with Gasteiger partial charge in [-0.2, -0.15) is 20.1 Å². The third-order valence-electron chi connectivity index (χ3n) is 4.90. The van der Waals surface area contributed by atoms with Gasteiger partial charge >= 0.3 is 0 Å². The SMILES string of the molecule is COc1ccc(O)c(/C=N/Nc2nc(Nc3ccccc3)nc(N3CCCCC3)n2)c1. The molecule has 0 bridgehead atoms. The van der Waals surface area contributed by atoms with Crippen molar-refractivity contribution in [1.29, 1.82) is 0 Å². The fraction of sp³-hybridized carbons (Fsp3) is 0.273. The number of benzene rings is 2. The summed E-state index contributed by atoms with van der Waals surface area (Å²) in [5.41, 5.74) is 4.25. The first-order valence-electron chi connectivity index (χ1n) is 10.2. The molecule has 4 rings (SSSR count). The summed E-state index contributed by atoms with van der Waals surface area (Å²) >= 11 is 0. The Morgan fingerprint density at radius 1 is 1.00 bits per heavy atom. The summed E-state index contributed by atoms with van der Waals surface area (Å²) in [6.45, 7) is 1.82. The summed E-state index contributed by atoms with van der Waals surface area (Å²) < 4.78 is 5.19. The second-order valence-electron chi connectivity index (χ2n) is 7.12. The van der Waals surface area contributed by atoms with Crippen LogP contribution in [0.1, 0.15) is 24.8 Å². The van der Waals surface area contributed by atoms with Crippen molar-refractivity contribution in [2.75, 3.05) is 35.8 Å². The summed E-state index contributed by atoms with van der Waals surface area (Å²) in [5.74, 6) is 2.08. The van der Waals surface area contributed by atoms with Gasteiger partial charge in [0.2, 0.25) is 17.8 Å². The quantitative estimate of drug-likeness (QED) is 0.392. The molecule has 160 valence electrons. The van der Waals surface area contributed by atoms with E-state index in [1.54, 1.807) is 25.3 Å². The fourth-order valence-corrected chi connectivity index (χ4v) is 3.28. The Kier molecular flexibility index (Phi) is 6.41. The summed E-state index contributed by atoms with van der Waals surface area (Å²) in [7, 11) is 1.57. The number of aromatic nitrogens is 3. The molecule has 9 nitrogen and oxygen atoms in total. The Bertz CT molecular complexity index is 1040. The Balaban J connectivity index is 1.57. The topological polar surface area (TPSA) is 108 Å². The molecule has 31 heavy (non-hydrogen) atoms.